The minimum absolute atomic E-state index is 0.00319. The normalized spacial score (nSPS) is 9.71. The van der Waals surface area contributed by atoms with E-state index in [1.165, 1.54) is 0 Å². The zero-order valence-electron chi connectivity index (χ0n) is 8.36. The lowest BCUT2D eigenvalue weighted by molar-refractivity contribution is -0.255. The summed E-state index contributed by atoms with van der Waals surface area (Å²) >= 11 is 5.24. The number of hydrogen-bond donors (Lipinski definition) is 1. The minimum atomic E-state index is -1.56. The summed E-state index contributed by atoms with van der Waals surface area (Å²) in [5.41, 5.74) is -0.760. The number of aromatic carboxylic acids is 2. The number of hydrogen-bond acceptors (Lipinski definition) is 5. The van der Waals surface area contributed by atoms with Gasteiger partial charge in [-0.1, -0.05) is 0 Å². The van der Waals surface area contributed by atoms with Gasteiger partial charge in [0.05, 0.1) is 11.9 Å². The SMILES string of the molecule is O=C(CCl)Nc1cc(C(=O)[O-])cc(C(=O)[O-])c1. The van der Waals surface area contributed by atoms with E-state index in [-0.39, 0.29) is 22.7 Å². The van der Waals surface area contributed by atoms with Gasteiger partial charge in [0.25, 0.3) is 0 Å². The van der Waals surface area contributed by atoms with Crippen molar-refractivity contribution in [2.45, 2.75) is 0 Å². The van der Waals surface area contributed by atoms with Crippen LogP contribution in [0.3, 0.4) is 0 Å². The highest BCUT2D eigenvalue weighted by molar-refractivity contribution is 6.29. The number of rotatable bonds is 4. The minimum Gasteiger partial charge on any atom is -0.545 e. The first-order valence-electron chi connectivity index (χ1n) is 4.37. The number of alkyl halides is 1. The van der Waals surface area contributed by atoms with E-state index in [1.807, 2.05) is 0 Å². The second-order valence-corrected chi connectivity index (χ2v) is 3.32. The summed E-state index contributed by atoms with van der Waals surface area (Å²) in [4.78, 5) is 32.2. The molecule has 0 heterocycles. The van der Waals surface area contributed by atoms with Crippen molar-refractivity contribution in [2.24, 2.45) is 0 Å². The van der Waals surface area contributed by atoms with Crippen LogP contribution in [0.5, 0.6) is 0 Å². The molecule has 0 aliphatic carbocycles. The van der Waals surface area contributed by atoms with Crippen molar-refractivity contribution in [2.75, 3.05) is 11.2 Å². The van der Waals surface area contributed by atoms with Crippen LogP contribution in [-0.4, -0.2) is 23.7 Å². The van der Waals surface area contributed by atoms with Crippen molar-refractivity contribution in [1.82, 2.24) is 0 Å². The van der Waals surface area contributed by atoms with Gasteiger partial charge in [0.2, 0.25) is 5.91 Å². The molecule has 1 amide bonds. The van der Waals surface area contributed by atoms with Gasteiger partial charge in [-0.05, 0) is 29.3 Å². The van der Waals surface area contributed by atoms with Crippen molar-refractivity contribution in [3.63, 3.8) is 0 Å². The fourth-order valence-corrected chi connectivity index (χ4v) is 1.20. The van der Waals surface area contributed by atoms with Crippen molar-refractivity contribution in [1.29, 1.82) is 0 Å². The number of amides is 1. The molecule has 6 nitrogen and oxygen atoms in total. The molecule has 0 atom stereocenters. The van der Waals surface area contributed by atoms with Gasteiger partial charge < -0.3 is 25.1 Å². The third-order valence-corrected chi connectivity index (χ3v) is 2.05. The van der Waals surface area contributed by atoms with E-state index in [9.17, 15) is 24.6 Å². The smallest absolute Gasteiger partial charge is 0.239 e. The van der Waals surface area contributed by atoms with Gasteiger partial charge in [0.15, 0.2) is 0 Å². The third kappa shape index (κ3) is 3.46. The standard InChI is InChI=1S/C10H8ClNO5/c11-4-8(13)12-7-2-5(9(14)15)1-6(3-7)10(16)17/h1-3H,4H2,(H,12,13)(H,14,15)(H,16,17)/p-2. The van der Waals surface area contributed by atoms with Gasteiger partial charge in [-0.25, -0.2) is 0 Å². The number of carbonyl (C=O) groups is 3. The molecule has 90 valence electrons. The maximum absolute atomic E-state index is 11.0. The molecule has 0 radical (unpaired) electrons. The molecule has 0 saturated heterocycles. The molecule has 7 heteroatoms. The summed E-state index contributed by atoms with van der Waals surface area (Å²) in [5, 5.41) is 23.5. The largest absolute Gasteiger partial charge is 0.545 e. The Hall–Kier alpha value is -2.08. The Morgan fingerprint density at radius 3 is 1.88 bits per heavy atom. The highest BCUT2D eigenvalue weighted by atomic mass is 35.5. The summed E-state index contributed by atoms with van der Waals surface area (Å²) in [6.45, 7) is 0. The molecule has 0 aromatic heterocycles. The van der Waals surface area contributed by atoms with Crippen LogP contribution >= 0.6 is 11.6 Å². The zero-order chi connectivity index (χ0) is 13.0. The highest BCUT2D eigenvalue weighted by Crippen LogP contribution is 2.14. The average Bonchev–Trinajstić information content (AvgIpc) is 2.28. The lowest BCUT2D eigenvalue weighted by Crippen LogP contribution is -2.26. The summed E-state index contributed by atoms with van der Waals surface area (Å²) < 4.78 is 0. The summed E-state index contributed by atoms with van der Waals surface area (Å²) in [6, 6.07) is 3.00. The first-order valence-corrected chi connectivity index (χ1v) is 4.91. The Kier molecular flexibility index (Phi) is 4.06. The van der Waals surface area contributed by atoms with Crippen molar-refractivity contribution in [3.05, 3.63) is 29.3 Å². The molecule has 0 aliphatic heterocycles. The molecule has 1 aromatic carbocycles. The van der Waals surface area contributed by atoms with E-state index in [0.29, 0.717) is 0 Å². The van der Waals surface area contributed by atoms with Crippen LogP contribution in [-0.2, 0) is 4.79 Å². The molecule has 1 rings (SSSR count). The number of carbonyl (C=O) groups excluding carboxylic acids is 3. The van der Waals surface area contributed by atoms with E-state index in [0.717, 1.165) is 18.2 Å². The lowest BCUT2D eigenvalue weighted by atomic mass is 10.1. The van der Waals surface area contributed by atoms with Crippen molar-refractivity contribution >= 4 is 35.1 Å². The van der Waals surface area contributed by atoms with Gasteiger partial charge >= 0.3 is 0 Å². The Morgan fingerprint density at radius 2 is 1.53 bits per heavy atom. The predicted octanol–water partition coefficient (Wildman–Crippen LogP) is -1.41. The van der Waals surface area contributed by atoms with E-state index < -0.39 is 17.8 Å². The second kappa shape index (κ2) is 5.31. The van der Waals surface area contributed by atoms with Crippen LogP contribution in [0.15, 0.2) is 18.2 Å². The molecule has 0 saturated carbocycles. The summed E-state index contributed by atoms with van der Waals surface area (Å²) in [5.74, 6) is -4.05. The Labute approximate surface area is 101 Å². The lowest BCUT2D eigenvalue weighted by Gasteiger charge is -2.11. The zero-order valence-corrected chi connectivity index (χ0v) is 9.11. The third-order valence-electron chi connectivity index (χ3n) is 1.81. The van der Waals surface area contributed by atoms with Gasteiger partial charge in [0.1, 0.15) is 5.88 Å². The molecular formula is C10H6ClNO5-2. The Morgan fingerprint density at radius 1 is 1.06 bits per heavy atom. The molecule has 1 aromatic rings. The maximum atomic E-state index is 11.0. The Bertz CT molecular complexity index is 453. The van der Waals surface area contributed by atoms with Crippen LogP contribution in [0.4, 0.5) is 5.69 Å². The number of halogens is 1. The molecule has 17 heavy (non-hydrogen) atoms. The number of nitrogens with one attached hydrogen (secondary N) is 1. The maximum Gasteiger partial charge on any atom is 0.239 e. The molecule has 1 N–H and O–H groups in total. The number of benzene rings is 1. The van der Waals surface area contributed by atoms with Gasteiger partial charge in [-0.3, -0.25) is 4.79 Å². The van der Waals surface area contributed by atoms with Crippen LogP contribution in [0.2, 0.25) is 0 Å². The van der Waals surface area contributed by atoms with Crippen LogP contribution in [0.1, 0.15) is 20.7 Å². The van der Waals surface area contributed by atoms with E-state index in [2.05, 4.69) is 5.32 Å². The fourth-order valence-electron chi connectivity index (χ4n) is 1.13. The summed E-state index contributed by atoms with van der Waals surface area (Å²) in [7, 11) is 0. The molecule has 0 aliphatic rings. The first kappa shape index (κ1) is 13.0. The first-order chi connectivity index (χ1) is 7.93. The van der Waals surface area contributed by atoms with Crippen molar-refractivity contribution in [3.8, 4) is 0 Å². The van der Waals surface area contributed by atoms with Gasteiger partial charge in [-0.2, -0.15) is 0 Å². The number of anilines is 1. The monoisotopic (exact) mass is 255 g/mol. The number of carboxylic acids is 2. The Balaban J connectivity index is 3.16. The quantitative estimate of drug-likeness (QED) is 0.665. The van der Waals surface area contributed by atoms with Crippen LogP contribution < -0.4 is 15.5 Å². The molecule has 0 bridgehead atoms. The molecular weight excluding hydrogens is 250 g/mol. The van der Waals surface area contributed by atoms with Gasteiger partial charge in [0, 0.05) is 5.69 Å². The van der Waals surface area contributed by atoms with E-state index >= 15 is 0 Å². The van der Waals surface area contributed by atoms with Crippen molar-refractivity contribution < 1.29 is 24.6 Å². The van der Waals surface area contributed by atoms with E-state index in [1.54, 1.807) is 0 Å². The van der Waals surface area contributed by atoms with Crippen LogP contribution in [0.25, 0.3) is 0 Å². The number of carboxylic acid groups (broad SMARTS) is 2. The summed E-state index contributed by atoms with van der Waals surface area (Å²) in [6.07, 6.45) is 0. The van der Waals surface area contributed by atoms with Gasteiger partial charge in [-0.15, -0.1) is 11.6 Å². The second-order valence-electron chi connectivity index (χ2n) is 3.06. The molecule has 0 unspecified atom stereocenters. The fraction of sp³-hybridized carbons (Fsp3) is 0.100. The topological polar surface area (TPSA) is 109 Å². The van der Waals surface area contributed by atoms with Crippen LogP contribution in [0, 0.1) is 0 Å². The average molecular weight is 256 g/mol. The molecule has 0 fully saturated rings. The highest BCUT2D eigenvalue weighted by Gasteiger charge is 2.05. The predicted molar refractivity (Wildman–Crippen MR) is 54.5 cm³/mol. The van der Waals surface area contributed by atoms with E-state index in [4.69, 9.17) is 11.6 Å². The molecule has 0 spiro atoms.